The first-order chi connectivity index (χ1) is 13.2. The first-order valence-corrected chi connectivity index (χ1v) is 9.63. The van der Waals surface area contributed by atoms with Gasteiger partial charge < -0.3 is 14.8 Å². The number of carbonyl (C=O) groups excluding carboxylic acids is 1. The van der Waals surface area contributed by atoms with E-state index in [9.17, 15) is 4.79 Å². The van der Waals surface area contributed by atoms with Crippen molar-refractivity contribution in [2.24, 2.45) is 0 Å². The van der Waals surface area contributed by atoms with Gasteiger partial charge in [0.05, 0.1) is 13.2 Å². The predicted molar refractivity (Wildman–Crippen MR) is 105 cm³/mol. The minimum Gasteiger partial charge on any atom is -0.493 e. The average Bonchev–Trinajstić information content (AvgIpc) is 3.19. The molecule has 3 rings (SSSR count). The molecule has 1 aliphatic carbocycles. The third-order valence-electron chi connectivity index (χ3n) is 5.08. The van der Waals surface area contributed by atoms with Crippen molar-refractivity contribution in [1.29, 1.82) is 0 Å². The summed E-state index contributed by atoms with van der Waals surface area (Å²) in [6.45, 7) is 2.12. The lowest BCUT2D eigenvalue weighted by Crippen LogP contribution is -2.27. The molecule has 5 heteroatoms. The summed E-state index contributed by atoms with van der Waals surface area (Å²) in [6.07, 6.45) is 9.32. The number of methoxy groups -OCH3 is 1. The molecular weight excluding hydrogens is 340 g/mol. The molecule has 1 fully saturated rings. The molecule has 0 radical (unpaired) electrons. The van der Waals surface area contributed by atoms with Crippen LogP contribution in [0.3, 0.4) is 0 Å². The molecule has 1 aliphatic rings. The first-order valence-electron chi connectivity index (χ1n) is 9.63. The van der Waals surface area contributed by atoms with Crippen LogP contribution in [0.1, 0.15) is 49.7 Å². The Balaban J connectivity index is 1.83. The van der Waals surface area contributed by atoms with E-state index in [0.29, 0.717) is 6.54 Å². The van der Waals surface area contributed by atoms with Crippen LogP contribution in [-0.2, 0) is 11.2 Å². The minimum absolute atomic E-state index is 0.0225. The molecule has 27 heavy (non-hydrogen) atoms. The lowest BCUT2D eigenvalue weighted by molar-refractivity contribution is -0.119. The van der Waals surface area contributed by atoms with Gasteiger partial charge in [0.2, 0.25) is 5.91 Å². The van der Waals surface area contributed by atoms with Crippen molar-refractivity contribution in [3.8, 4) is 11.5 Å². The van der Waals surface area contributed by atoms with Gasteiger partial charge in [-0.15, -0.1) is 0 Å². The van der Waals surface area contributed by atoms with Crippen LogP contribution >= 0.6 is 0 Å². The number of carbonyl (C=O) groups is 1. The molecular formula is C22H28N2O3. The maximum absolute atomic E-state index is 11.5. The van der Waals surface area contributed by atoms with E-state index in [1.807, 2.05) is 18.2 Å². The summed E-state index contributed by atoms with van der Waals surface area (Å²) < 4.78 is 11.7. The van der Waals surface area contributed by atoms with Gasteiger partial charge in [0, 0.05) is 31.8 Å². The second-order valence-electron chi connectivity index (χ2n) is 7.13. The average molecular weight is 368 g/mol. The highest BCUT2D eigenvalue weighted by molar-refractivity contribution is 5.72. The van der Waals surface area contributed by atoms with Crippen molar-refractivity contribution in [2.45, 2.75) is 51.0 Å². The topological polar surface area (TPSA) is 60.5 Å². The molecule has 0 spiro atoms. The Hall–Kier alpha value is -2.56. The highest BCUT2D eigenvalue weighted by Crippen LogP contribution is 2.35. The Labute approximate surface area is 161 Å². The van der Waals surface area contributed by atoms with Crippen LogP contribution in [-0.4, -0.2) is 30.6 Å². The monoisotopic (exact) mass is 368 g/mol. The molecule has 1 atom stereocenters. The number of aromatic nitrogens is 1. The molecule has 2 aromatic rings. The maximum Gasteiger partial charge on any atom is 0.216 e. The number of ether oxygens (including phenoxy) is 2. The van der Waals surface area contributed by atoms with Gasteiger partial charge in [-0.1, -0.05) is 6.07 Å². The fourth-order valence-corrected chi connectivity index (χ4v) is 3.60. The lowest BCUT2D eigenvalue weighted by atomic mass is 9.92. The standard InChI is InChI=1S/C22H28N2O3/c1-16(25)24-15-19(13-17-9-11-23-12-10-17)18-7-8-21(26-2)22(14-18)27-20-5-3-4-6-20/h7-12,14,19-20H,3-6,13,15H2,1-2H3,(H,24,25). The summed E-state index contributed by atoms with van der Waals surface area (Å²) in [7, 11) is 1.67. The van der Waals surface area contributed by atoms with E-state index in [1.54, 1.807) is 26.4 Å². The van der Waals surface area contributed by atoms with Gasteiger partial charge in [-0.3, -0.25) is 9.78 Å². The molecule has 1 aromatic heterocycles. The zero-order valence-corrected chi connectivity index (χ0v) is 16.1. The van der Waals surface area contributed by atoms with Crippen molar-refractivity contribution < 1.29 is 14.3 Å². The van der Waals surface area contributed by atoms with Gasteiger partial charge in [-0.05, 0) is 67.5 Å². The van der Waals surface area contributed by atoms with Crippen LogP contribution in [0.15, 0.2) is 42.7 Å². The fourth-order valence-electron chi connectivity index (χ4n) is 3.60. The summed E-state index contributed by atoms with van der Waals surface area (Å²) in [5.74, 6) is 1.68. The fraction of sp³-hybridized carbons (Fsp3) is 0.455. The number of nitrogens with one attached hydrogen (secondary N) is 1. The van der Waals surface area contributed by atoms with Crippen LogP contribution in [0.2, 0.25) is 0 Å². The van der Waals surface area contributed by atoms with Gasteiger partial charge in [-0.2, -0.15) is 0 Å². The molecule has 0 saturated heterocycles. The summed E-state index contributed by atoms with van der Waals surface area (Å²) in [5, 5.41) is 2.96. The van der Waals surface area contributed by atoms with Crippen LogP contribution in [0, 0.1) is 0 Å². The smallest absolute Gasteiger partial charge is 0.216 e. The molecule has 0 bridgehead atoms. The van der Waals surface area contributed by atoms with Crippen LogP contribution in [0.4, 0.5) is 0 Å². The maximum atomic E-state index is 11.5. The third-order valence-corrected chi connectivity index (χ3v) is 5.08. The normalized spacial score (nSPS) is 15.3. The van der Waals surface area contributed by atoms with E-state index in [-0.39, 0.29) is 17.9 Å². The lowest BCUT2D eigenvalue weighted by Gasteiger charge is -2.21. The number of amides is 1. The zero-order chi connectivity index (χ0) is 19.1. The highest BCUT2D eigenvalue weighted by Gasteiger charge is 2.20. The van der Waals surface area contributed by atoms with Crippen molar-refractivity contribution in [2.75, 3.05) is 13.7 Å². The van der Waals surface area contributed by atoms with Crippen LogP contribution in [0.5, 0.6) is 11.5 Å². The molecule has 0 aliphatic heterocycles. The summed E-state index contributed by atoms with van der Waals surface area (Å²) in [6, 6.07) is 10.1. The molecule has 1 heterocycles. The Kier molecular flexibility index (Phi) is 6.69. The van der Waals surface area contributed by atoms with Crippen LogP contribution < -0.4 is 14.8 Å². The number of benzene rings is 1. The van der Waals surface area contributed by atoms with Gasteiger partial charge in [0.25, 0.3) is 0 Å². The molecule has 1 aromatic carbocycles. The van der Waals surface area contributed by atoms with Gasteiger partial charge in [0.15, 0.2) is 11.5 Å². The number of hydrogen-bond donors (Lipinski definition) is 1. The molecule has 5 nitrogen and oxygen atoms in total. The van der Waals surface area contributed by atoms with Crippen molar-refractivity contribution >= 4 is 5.91 Å². The van der Waals surface area contributed by atoms with E-state index < -0.39 is 0 Å². The molecule has 1 unspecified atom stereocenters. The third kappa shape index (κ3) is 5.46. The van der Waals surface area contributed by atoms with Crippen molar-refractivity contribution in [1.82, 2.24) is 10.3 Å². The van der Waals surface area contributed by atoms with E-state index in [4.69, 9.17) is 9.47 Å². The predicted octanol–water partition coefficient (Wildman–Crippen LogP) is 3.87. The Morgan fingerprint density at radius 3 is 2.59 bits per heavy atom. The molecule has 1 amide bonds. The van der Waals surface area contributed by atoms with E-state index >= 15 is 0 Å². The summed E-state index contributed by atoms with van der Waals surface area (Å²) >= 11 is 0. The van der Waals surface area contributed by atoms with E-state index in [2.05, 4.69) is 22.4 Å². The minimum atomic E-state index is -0.0225. The number of pyridine rings is 1. The Morgan fingerprint density at radius 1 is 1.19 bits per heavy atom. The van der Waals surface area contributed by atoms with Crippen LogP contribution in [0.25, 0.3) is 0 Å². The number of nitrogens with zero attached hydrogens (tertiary/aromatic N) is 1. The second kappa shape index (κ2) is 9.40. The summed E-state index contributed by atoms with van der Waals surface area (Å²) in [5.41, 5.74) is 2.32. The Bertz CT molecular complexity index is 742. The molecule has 1 saturated carbocycles. The van der Waals surface area contributed by atoms with E-state index in [0.717, 1.165) is 36.3 Å². The quantitative estimate of drug-likeness (QED) is 0.768. The number of hydrogen-bond acceptors (Lipinski definition) is 4. The SMILES string of the molecule is COc1ccc(C(CNC(C)=O)Cc2ccncc2)cc1OC1CCCC1. The summed E-state index contributed by atoms with van der Waals surface area (Å²) in [4.78, 5) is 15.6. The molecule has 1 N–H and O–H groups in total. The van der Waals surface area contributed by atoms with Crippen molar-refractivity contribution in [3.63, 3.8) is 0 Å². The van der Waals surface area contributed by atoms with Crippen molar-refractivity contribution in [3.05, 3.63) is 53.9 Å². The largest absolute Gasteiger partial charge is 0.493 e. The zero-order valence-electron chi connectivity index (χ0n) is 16.1. The second-order valence-corrected chi connectivity index (χ2v) is 7.13. The van der Waals surface area contributed by atoms with Gasteiger partial charge in [0.1, 0.15) is 0 Å². The van der Waals surface area contributed by atoms with Gasteiger partial charge in [-0.25, -0.2) is 0 Å². The highest BCUT2D eigenvalue weighted by atomic mass is 16.5. The van der Waals surface area contributed by atoms with Gasteiger partial charge >= 0.3 is 0 Å². The van der Waals surface area contributed by atoms with E-state index in [1.165, 1.54) is 18.4 Å². The first kappa shape index (κ1) is 19.2. The molecule has 144 valence electrons. The Morgan fingerprint density at radius 2 is 1.93 bits per heavy atom. The number of rotatable bonds is 8.